The molecular formula is C12H16ClFN2. The summed E-state index contributed by atoms with van der Waals surface area (Å²) in [7, 11) is 0. The second-order valence-electron chi connectivity index (χ2n) is 4.46. The lowest BCUT2D eigenvalue weighted by molar-refractivity contribution is 0.443. The molecule has 0 radical (unpaired) electrons. The molecule has 0 N–H and O–H groups in total. The molecule has 1 aromatic rings. The van der Waals surface area contributed by atoms with E-state index in [-0.39, 0.29) is 5.82 Å². The lowest BCUT2D eigenvalue weighted by Crippen LogP contribution is -2.35. The van der Waals surface area contributed by atoms with Gasteiger partial charge in [0, 0.05) is 18.7 Å². The van der Waals surface area contributed by atoms with Gasteiger partial charge in [-0.05, 0) is 24.8 Å². The van der Waals surface area contributed by atoms with E-state index in [0.717, 1.165) is 24.5 Å². The molecular weight excluding hydrogens is 227 g/mol. The number of piperidine rings is 1. The molecule has 0 bridgehead atoms. The van der Waals surface area contributed by atoms with E-state index in [1.54, 1.807) is 0 Å². The summed E-state index contributed by atoms with van der Waals surface area (Å²) in [5.74, 6) is 1.52. The molecule has 4 heteroatoms. The van der Waals surface area contributed by atoms with Gasteiger partial charge in [0.1, 0.15) is 11.6 Å². The highest BCUT2D eigenvalue weighted by molar-refractivity contribution is 6.17. The third-order valence-electron chi connectivity index (χ3n) is 3.01. The fraction of sp³-hybridized carbons (Fsp3) is 0.583. The molecule has 1 atom stereocenters. The standard InChI is InChI=1S/C12H16ClFN2/c1-9-3-2-4-16(8-9)12-10(6-13)5-11(14)7-15-12/h5,7,9H,2-4,6,8H2,1H3. The Hall–Kier alpha value is -0.830. The molecule has 0 spiro atoms. The van der Waals surface area contributed by atoms with Crippen molar-refractivity contribution in [1.82, 2.24) is 4.98 Å². The SMILES string of the molecule is CC1CCCN(c2ncc(F)cc2CCl)C1. The van der Waals surface area contributed by atoms with Gasteiger partial charge in [0.25, 0.3) is 0 Å². The smallest absolute Gasteiger partial charge is 0.141 e. The van der Waals surface area contributed by atoms with Crippen molar-refractivity contribution < 1.29 is 4.39 Å². The maximum atomic E-state index is 13.0. The Bertz CT molecular complexity index is 370. The lowest BCUT2D eigenvalue weighted by Gasteiger charge is -2.32. The fourth-order valence-corrected chi connectivity index (χ4v) is 2.44. The molecule has 0 aromatic carbocycles. The minimum atomic E-state index is -0.315. The van der Waals surface area contributed by atoms with Crippen LogP contribution in [0.3, 0.4) is 0 Å². The quantitative estimate of drug-likeness (QED) is 0.741. The zero-order valence-electron chi connectivity index (χ0n) is 9.42. The predicted octanol–water partition coefficient (Wildman–Crippen LogP) is 3.20. The van der Waals surface area contributed by atoms with Crippen LogP contribution in [0.25, 0.3) is 0 Å². The van der Waals surface area contributed by atoms with Gasteiger partial charge in [-0.25, -0.2) is 9.37 Å². The van der Waals surface area contributed by atoms with Gasteiger partial charge in [0.15, 0.2) is 0 Å². The molecule has 0 saturated carbocycles. The van der Waals surface area contributed by atoms with Crippen LogP contribution in [-0.2, 0) is 5.88 Å². The molecule has 1 saturated heterocycles. The topological polar surface area (TPSA) is 16.1 Å². The zero-order chi connectivity index (χ0) is 11.5. The Kier molecular flexibility index (Phi) is 3.64. The van der Waals surface area contributed by atoms with Crippen molar-refractivity contribution in [3.8, 4) is 0 Å². The largest absolute Gasteiger partial charge is 0.356 e. The van der Waals surface area contributed by atoms with Gasteiger partial charge in [0.2, 0.25) is 0 Å². The maximum Gasteiger partial charge on any atom is 0.141 e. The molecule has 2 rings (SSSR count). The first-order chi connectivity index (χ1) is 7.70. The van der Waals surface area contributed by atoms with Crippen molar-refractivity contribution in [2.45, 2.75) is 25.6 Å². The second kappa shape index (κ2) is 5.00. The molecule has 0 amide bonds. The van der Waals surface area contributed by atoms with Crippen LogP contribution in [-0.4, -0.2) is 18.1 Å². The number of anilines is 1. The first-order valence-electron chi connectivity index (χ1n) is 5.66. The van der Waals surface area contributed by atoms with E-state index in [2.05, 4.69) is 16.8 Å². The van der Waals surface area contributed by atoms with Crippen molar-refractivity contribution in [1.29, 1.82) is 0 Å². The average Bonchev–Trinajstić information content (AvgIpc) is 2.28. The minimum Gasteiger partial charge on any atom is -0.356 e. The van der Waals surface area contributed by atoms with Gasteiger partial charge in [-0.1, -0.05) is 6.92 Å². The number of halogens is 2. The lowest BCUT2D eigenvalue weighted by atomic mass is 10.00. The Balaban J connectivity index is 2.24. The van der Waals surface area contributed by atoms with Crippen molar-refractivity contribution in [2.24, 2.45) is 5.92 Å². The number of pyridine rings is 1. The molecule has 2 heterocycles. The van der Waals surface area contributed by atoms with Gasteiger partial charge in [-0.2, -0.15) is 0 Å². The first-order valence-corrected chi connectivity index (χ1v) is 6.19. The number of hydrogen-bond donors (Lipinski definition) is 0. The Morgan fingerprint density at radius 2 is 2.44 bits per heavy atom. The summed E-state index contributed by atoms with van der Waals surface area (Å²) in [6.07, 6.45) is 3.69. The first kappa shape index (κ1) is 11.6. The van der Waals surface area contributed by atoms with E-state index in [1.807, 2.05) is 0 Å². The molecule has 1 unspecified atom stereocenters. The van der Waals surface area contributed by atoms with Crippen LogP contribution in [0.4, 0.5) is 10.2 Å². The average molecular weight is 243 g/mol. The highest BCUT2D eigenvalue weighted by Gasteiger charge is 2.19. The summed E-state index contributed by atoms with van der Waals surface area (Å²) in [5.41, 5.74) is 0.788. The number of hydrogen-bond acceptors (Lipinski definition) is 2. The maximum absolute atomic E-state index is 13.0. The summed E-state index contributed by atoms with van der Waals surface area (Å²) in [6, 6.07) is 1.48. The van der Waals surface area contributed by atoms with Crippen molar-refractivity contribution >= 4 is 17.4 Å². The van der Waals surface area contributed by atoms with E-state index < -0.39 is 0 Å². The summed E-state index contributed by atoms with van der Waals surface area (Å²) < 4.78 is 13.0. The van der Waals surface area contributed by atoms with Gasteiger partial charge in [0.05, 0.1) is 12.1 Å². The van der Waals surface area contributed by atoms with Crippen molar-refractivity contribution in [3.63, 3.8) is 0 Å². The third-order valence-corrected chi connectivity index (χ3v) is 3.30. The Morgan fingerprint density at radius 3 is 3.12 bits per heavy atom. The normalized spacial score (nSPS) is 21.2. The summed E-state index contributed by atoms with van der Waals surface area (Å²) in [6.45, 7) is 4.21. The minimum absolute atomic E-state index is 0.310. The zero-order valence-corrected chi connectivity index (χ0v) is 10.2. The highest BCUT2D eigenvalue weighted by atomic mass is 35.5. The van der Waals surface area contributed by atoms with Crippen LogP contribution in [0.5, 0.6) is 0 Å². The Labute approximate surface area is 100 Å². The van der Waals surface area contributed by atoms with E-state index in [4.69, 9.17) is 11.6 Å². The van der Waals surface area contributed by atoms with E-state index >= 15 is 0 Å². The predicted molar refractivity (Wildman–Crippen MR) is 64.4 cm³/mol. The monoisotopic (exact) mass is 242 g/mol. The Morgan fingerprint density at radius 1 is 1.62 bits per heavy atom. The number of alkyl halides is 1. The molecule has 1 aliphatic heterocycles. The van der Waals surface area contributed by atoms with Crippen molar-refractivity contribution in [3.05, 3.63) is 23.6 Å². The number of aromatic nitrogens is 1. The van der Waals surface area contributed by atoms with Gasteiger partial charge in [-0.3, -0.25) is 0 Å². The fourth-order valence-electron chi connectivity index (χ4n) is 2.24. The van der Waals surface area contributed by atoms with Crippen LogP contribution in [0.15, 0.2) is 12.3 Å². The molecule has 2 nitrogen and oxygen atoms in total. The third kappa shape index (κ3) is 2.46. The van der Waals surface area contributed by atoms with Crippen LogP contribution in [0.1, 0.15) is 25.3 Å². The molecule has 1 aromatic heterocycles. The van der Waals surface area contributed by atoms with Crippen molar-refractivity contribution in [2.75, 3.05) is 18.0 Å². The molecule has 16 heavy (non-hydrogen) atoms. The highest BCUT2D eigenvalue weighted by Crippen LogP contribution is 2.25. The summed E-state index contributed by atoms with van der Waals surface area (Å²) in [5, 5.41) is 0. The summed E-state index contributed by atoms with van der Waals surface area (Å²) >= 11 is 5.83. The molecule has 1 fully saturated rings. The van der Waals surface area contributed by atoms with E-state index in [1.165, 1.54) is 25.1 Å². The number of rotatable bonds is 2. The molecule has 1 aliphatic rings. The van der Waals surface area contributed by atoms with Gasteiger partial charge >= 0.3 is 0 Å². The van der Waals surface area contributed by atoms with Gasteiger partial charge < -0.3 is 4.90 Å². The number of nitrogens with zero attached hydrogens (tertiary/aromatic N) is 2. The summed E-state index contributed by atoms with van der Waals surface area (Å²) in [4.78, 5) is 6.39. The van der Waals surface area contributed by atoms with Crippen LogP contribution in [0, 0.1) is 11.7 Å². The van der Waals surface area contributed by atoms with Crippen LogP contribution in [0.2, 0.25) is 0 Å². The van der Waals surface area contributed by atoms with E-state index in [0.29, 0.717) is 11.8 Å². The van der Waals surface area contributed by atoms with E-state index in [9.17, 15) is 4.39 Å². The molecule has 0 aliphatic carbocycles. The molecule has 88 valence electrons. The second-order valence-corrected chi connectivity index (χ2v) is 4.73. The van der Waals surface area contributed by atoms with Crippen LogP contribution < -0.4 is 4.90 Å². The van der Waals surface area contributed by atoms with Crippen LogP contribution >= 0.6 is 11.6 Å². The van der Waals surface area contributed by atoms with Gasteiger partial charge in [-0.15, -0.1) is 11.6 Å².